The van der Waals surface area contributed by atoms with Gasteiger partial charge < -0.3 is 20.4 Å². The Bertz CT molecular complexity index is 1680. The van der Waals surface area contributed by atoms with E-state index in [9.17, 15) is 19.8 Å². The lowest BCUT2D eigenvalue weighted by Gasteiger charge is -2.71. The minimum atomic E-state index is -1.09. The summed E-state index contributed by atoms with van der Waals surface area (Å²) >= 11 is 1.71. The number of nitrogens with one attached hydrogen (secondary N) is 1. The Hall–Kier alpha value is -2.74. The second-order valence-electron chi connectivity index (χ2n) is 17.8. The third kappa shape index (κ3) is 5.45. The molecule has 2 amide bonds. The van der Waals surface area contributed by atoms with Crippen LogP contribution < -0.4 is 5.32 Å². The summed E-state index contributed by atoms with van der Waals surface area (Å²) in [6.45, 7) is 7.56. The highest BCUT2D eigenvalue weighted by Crippen LogP contribution is 2.78. The van der Waals surface area contributed by atoms with Crippen LogP contribution in [0, 0.1) is 39.4 Å². The lowest BCUT2D eigenvalue weighted by Crippen LogP contribution is -2.67. The van der Waals surface area contributed by atoms with Gasteiger partial charge in [-0.25, -0.2) is 4.79 Å². The molecule has 3 N–H and O–H groups in total. The Balaban J connectivity index is 1.14. The number of fused-ring (bicyclic) bond motifs is 1. The van der Waals surface area contributed by atoms with Crippen molar-refractivity contribution in [2.45, 2.75) is 122 Å². The number of amides is 2. The van der Waals surface area contributed by atoms with Crippen molar-refractivity contribution >= 4 is 23.2 Å². The molecule has 9 atom stereocenters. The molecule has 7 aliphatic carbocycles. The van der Waals surface area contributed by atoms with E-state index in [1.165, 1.54) is 11.3 Å². The van der Waals surface area contributed by atoms with Crippen molar-refractivity contribution in [3.05, 3.63) is 82.1 Å². The van der Waals surface area contributed by atoms with Gasteiger partial charge in [-0.2, -0.15) is 0 Å². The molecule has 2 aromatic rings. The van der Waals surface area contributed by atoms with Crippen LogP contribution in [0.15, 0.2) is 71.6 Å². The van der Waals surface area contributed by atoms with Crippen molar-refractivity contribution < 1.29 is 19.8 Å². The van der Waals surface area contributed by atoms with Crippen LogP contribution in [0.5, 0.6) is 0 Å². The predicted molar refractivity (Wildman–Crippen MR) is 203 cm³/mol. The molecule has 51 heavy (non-hydrogen) atoms. The molecular weight excluding hydrogens is 653 g/mol. The number of allylic oxidation sites excluding steroid dienone is 4. The summed E-state index contributed by atoms with van der Waals surface area (Å²) < 4.78 is 0. The number of urea groups is 1. The molecule has 1 unspecified atom stereocenters. The summed E-state index contributed by atoms with van der Waals surface area (Å²) in [6.07, 6.45) is 18.7. The second kappa shape index (κ2) is 13.0. The van der Waals surface area contributed by atoms with Crippen molar-refractivity contribution in [3.63, 3.8) is 0 Å². The zero-order valence-electron chi connectivity index (χ0n) is 30.9. The van der Waals surface area contributed by atoms with Crippen LogP contribution in [0.1, 0.15) is 114 Å². The molecule has 1 aromatic carbocycles. The number of aliphatic hydroxyl groups excluding tert-OH is 1. The maximum atomic E-state index is 14.9. The summed E-state index contributed by atoms with van der Waals surface area (Å²) in [5, 5.41) is 29.5. The molecule has 4 fully saturated rings. The van der Waals surface area contributed by atoms with Crippen molar-refractivity contribution in [2.75, 3.05) is 13.1 Å². The Morgan fingerprint density at radius 1 is 0.922 bits per heavy atom. The van der Waals surface area contributed by atoms with Gasteiger partial charge in [-0.15, -0.1) is 11.3 Å². The molecule has 7 heteroatoms. The van der Waals surface area contributed by atoms with Crippen molar-refractivity contribution in [1.29, 1.82) is 0 Å². The van der Waals surface area contributed by atoms with E-state index in [1.54, 1.807) is 11.3 Å². The first-order valence-electron chi connectivity index (χ1n) is 20.0. The van der Waals surface area contributed by atoms with Gasteiger partial charge >= 0.3 is 6.03 Å². The van der Waals surface area contributed by atoms with Crippen molar-refractivity contribution in [1.82, 2.24) is 10.2 Å². The number of ketones is 1. The third-order valence-corrected chi connectivity index (χ3v) is 16.5. The van der Waals surface area contributed by atoms with Gasteiger partial charge in [-0.1, -0.05) is 87.7 Å². The van der Waals surface area contributed by atoms with Gasteiger partial charge in [0.1, 0.15) is 0 Å². The Kier molecular flexibility index (Phi) is 8.99. The highest BCUT2D eigenvalue weighted by atomic mass is 32.1. The van der Waals surface area contributed by atoms with Crippen LogP contribution in [0.25, 0.3) is 0 Å². The molecule has 2 bridgehead atoms. The first-order chi connectivity index (χ1) is 24.4. The fourth-order valence-corrected chi connectivity index (χ4v) is 13.3. The van der Waals surface area contributed by atoms with Crippen LogP contribution in [-0.2, 0) is 11.2 Å². The number of thiophene rings is 1. The zero-order chi connectivity index (χ0) is 35.6. The number of hydrogen-bond acceptors (Lipinski definition) is 5. The largest absolute Gasteiger partial charge is 0.393 e. The molecule has 0 radical (unpaired) electrons. The predicted octanol–water partition coefficient (Wildman–Crippen LogP) is 8.80. The number of Topliss-reactive ketones (excluding diaryl/α,β-unsaturated/α-hetero) is 1. The molecule has 9 rings (SSSR count). The van der Waals surface area contributed by atoms with Crippen LogP contribution in [0.2, 0.25) is 0 Å². The Labute approximate surface area is 308 Å². The molecule has 6 nitrogen and oxygen atoms in total. The van der Waals surface area contributed by atoms with E-state index in [0.29, 0.717) is 31.1 Å². The third-order valence-electron chi connectivity index (χ3n) is 15.5. The van der Waals surface area contributed by atoms with Crippen molar-refractivity contribution in [2.24, 2.45) is 39.4 Å². The minimum absolute atomic E-state index is 0.0421. The van der Waals surface area contributed by atoms with E-state index < -0.39 is 16.4 Å². The van der Waals surface area contributed by atoms with Gasteiger partial charge in [0, 0.05) is 39.2 Å². The standard InChI is InChI=1S/C44H58N2O4S/c1-30(31-11-6-4-7-12-31)45-39(49)46(25-19-34-15-10-26-51-34)29-43(50)22-18-37-41(43,3)21-17-36-40(2)20-16-33(47)27-42(40)23-24-44(36,37)35(28-42)38(48)32-13-8-5-9-14-32/h4,6-7,10-12,15,23-24,26,28,30,32-33,36-37,47,50H,5,8-9,13-14,16-22,25,27,29H2,1-3H3,(H,45,49)/t30-,33?,36-,37-,40-,41+,42+,43-,44-/m1/s1. The molecule has 274 valence electrons. The molecule has 7 aliphatic rings. The van der Waals surface area contributed by atoms with Crippen LogP contribution in [-0.4, -0.2) is 51.7 Å². The summed E-state index contributed by atoms with van der Waals surface area (Å²) in [5.41, 5.74) is -0.285. The average molecular weight is 711 g/mol. The van der Waals surface area contributed by atoms with Gasteiger partial charge in [0.05, 0.1) is 24.3 Å². The number of carbonyl (C=O) groups excluding carboxylic acids is 2. The smallest absolute Gasteiger partial charge is 0.317 e. The topological polar surface area (TPSA) is 89.9 Å². The average Bonchev–Trinajstić information content (AvgIpc) is 3.76. The molecule has 0 saturated heterocycles. The molecule has 2 spiro atoms. The summed E-state index contributed by atoms with van der Waals surface area (Å²) in [4.78, 5) is 32.2. The van der Waals surface area contributed by atoms with Gasteiger partial charge in [0.2, 0.25) is 0 Å². The first kappa shape index (κ1) is 35.3. The normalized spacial score (nSPS) is 39.0. The number of rotatable bonds is 9. The van der Waals surface area contributed by atoms with Gasteiger partial charge in [-0.3, -0.25) is 4.79 Å². The quantitative estimate of drug-likeness (QED) is 0.227. The number of aliphatic hydroxyl groups is 2. The van der Waals surface area contributed by atoms with Gasteiger partial charge in [-0.05, 0) is 105 Å². The first-order valence-corrected chi connectivity index (χ1v) is 20.8. The van der Waals surface area contributed by atoms with Crippen LogP contribution >= 0.6 is 11.3 Å². The van der Waals surface area contributed by atoms with E-state index in [1.807, 2.05) is 42.2 Å². The molecule has 1 heterocycles. The highest BCUT2D eigenvalue weighted by Gasteiger charge is 2.74. The van der Waals surface area contributed by atoms with E-state index in [-0.39, 0.29) is 47.4 Å². The van der Waals surface area contributed by atoms with E-state index >= 15 is 0 Å². The molecular formula is C44H58N2O4S. The maximum Gasteiger partial charge on any atom is 0.317 e. The lowest BCUT2D eigenvalue weighted by molar-refractivity contribution is -0.178. The van der Waals surface area contributed by atoms with Gasteiger partial charge in [0.15, 0.2) is 5.78 Å². The molecule has 0 aliphatic heterocycles. The zero-order valence-corrected chi connectivity index (χ0v) is 31.7. The highest BCUT2D eigenvalue weighted by molar-refractivity contribution is 7.09. The Morgan fingerprint density at radius 3 is 2.39 bits per heavy atom. The lowest BCUT2D eigenvalue weighted by atomic mass is 9.32. The summed E-state index contributed by atoms with van der Waals surface area (Å²) in [7, 11) is 0. The summed E-state index contributed by atoms with van der Waals surface area (Å²) in [6, 6.07) is 13.9. The van der Waals surface area contributed by atoms with Gasteiger partial charge in [0.25, 0.3) is 0 Å². The summed E-state index contributed by atoms with van der Waals surface area (Å²) in [5.74, 6) is 0.800. The SMILES string of the molecule is C[C@@H](NC(=O)N(CCc1cccs1)C[C@]1(O)CC[C@H]2[C@]34C=C[C@@]5(C=C3C(=O)C3CCCCC3)CC(O)CC[C@]5(C)[C@H]4CC[C@@]21C)c1ccccc1. The Morgan fingerprint density at radius 2 is 1.65 bits per heavy atom. The van der Waals surface area contributed by atoms with Crippen LogP contribution in [0.4, 0.5) is 4.79 Å². The number of benzene rings is 1. The molecule has 4 saturated carbocycles. The maximum absolute atomic E-state index is 14.9. The molecule has 1 aromatic heterocycles. The fourth-order valence-electron chi connectivity index (χ4n) is 12.6. The number of hydrogen-bond donors (Lipinski definition) is 3. The number of nitrogens with zero attached hydrogens (tertiary/aromatic N) is 1. The second-order valence-corrected chi connectivity index (χ2v) is 18.9. The van der Waals surface area contributed by atoms with Crippen LogP contribution in [0.3, 0.4) is 0 Å². The van der Waals surface area contributed by atoms with Crippen molar-refractivity contribution in [3.8, 4) is 0 Å². The number of carbonyl (C=O) groups is 2. The van der Waals surface area contributed by atoms with E-state index in [4.69, 9.17) is 0 Å². The minimum Gasteiger partial charge on any atom is -0.393 e. The fraction of sp³-hybridized carbons (Fsp3) is 0.636. The monoisotopic (exact) mass is 710 g/mol. The van der Waals surface area contributed by atoms with E-state index in [2.05, 4.69) is 54.9 Å². The van der Waals surface area contributed by atoms with E-state index in [0.717, 1.165) is 75.3 Å².